The number of Topliss-reactive ketones (excluding diaryl/α,β-unsaturated/α-hetero) is 1. The average Bonchev–Trinajstić information content (AvgIpc) is 3.29. The SMILES string of the molecule is Cc1ccc(C(=O)OCC(=O)c2cc(C)n(CC3CCCO3)c2C)cc1[N+](=O)[O-]. The summed E-state index contributed by atoms with van der Waals surface area (Å²) in [4.78, 5) is 35.3. The van der Waals surface area contributed by atoms with Crippen molar-refractivity contribution in [3.63, 3.8) is 0 Å². The van der Waals surface area contributed by atoms with E-state index in [0.29, 0.717) is 17.7 Å². The summed E-state index contributed by atoms with van der Waals surface area (Å²) < 4.78 is 12.8. The maximum Gasteiger partial charge on any atom is 0.338 e. The van der Waals surface area contributed by atoms with Crippen LogP contribution in [0.5, 0.6) is 0 Å². The van der Waals surface area contributed by atoms with Crippen molar-refractivity contribution in [3.8, 4) is 0 Å². The van der Waals surface area contributed by atoms with Crippen LogP contribution >= 0.6 is 0 Å². The minimum Gasteiger partial charge on any atom is -0.454 e. The Hall–Kier alpha value is -3.00. The highest BCUT2D eigenvalue weighted by atomic mass is 16.6. The van der Waals surface area contributed by atoms with Gasteiger partial charge in [0.05, 0.1) is 16.6 Å². The molecule has 2 heterocycles. The molecule has 1 atom stereocenters. The molecule has 0 N–H and O–H groups in total. The van der Waals surface area contributed by atoms with Crippen LogP contribution in [-0.4, -0.2) is 40.6 Å². The van der Waals surface area contributed by atoms with Crippen molar-refractivity contribution in [3.05, 3.63) is 62.5 Å². The standard InChI is InChI=1S/C21H24N2O6/c1-13-6-7-16(10-19(13)23(26)27)21(25)29-12-20(24)18-9-14(2)22(15(18)3)11-17-5-4-8-28-17/h6-7,9-10,17H,4-5,8,11-12H2,1-3H3. The summed E-state index contributed by atoms with van der Waals surface area (Å²) in [6.45, 7) is 6.41. The number of aryl methyl sites for hydroxylation is 2. The van der Waals surface area contributed by atoms with Crippen molar-refractivity contribution >= 4 is 17.4 Å². The third-order valence-electron chi connectivity index (χ3n) is 5.26. The number of nitrogens with zero attached hydrogens (tertiary/aromatic N) is 2. The first kappa shape index (κ1) is 20.7. The van der Waals surface area contributed by atoms with E-state index in [-0.39, 0.29) is 23.1 Å². The number of ketones is 1. The van der Waals surface area contributed by atoms with Crippen molar-refractivity contribution in [2.45, 2.75) is 46.3 Å². The second kappa shape index (κ2) is 8.57. The minimum absolute atomic E-state index is 0.0407. The van der Waals surface area contributed by atoms with E-state index >= 15 is 0 Å². The molecule has 3 rings (SSSR count). The van der Waals surface area contributed by atoms with E-state index in [2.05, 4.69) is 0 Å². The van der Waals surface area contributed by atoms with E-state index in [1.807, 2.05) is 18.4 Å². The molecule has 0 saturated carbocycles. The number of nitro benzene ring substituents is 1. The highest BCUT2D eigenvalue weighted by molar-refractivity contribution is 6.00. The third kappa shape index (κ3) is 4.54. The van der Waals surface area contributed by atoms with E-state index in [9.17, 15) is 19.7 Å². The summed E-state index contributed by atoms with van der Waals surface area (Å²) >= 11 is 0. The molecule has 154 valence electrons. The highest BCUT2D eigenvalue weighted by Gasteiger charge is 2.22. The number of ether oxygens (including phenoxy) is 2. The lowest BCUT2D eigenvalue weighted by Crippen LogP contribution is -2.18. The molecule has 0 amide bonds. The van der Waals surface area contributed by atoms with Gasteiger partial charge in [-0.15, -0.1) is 0 Å². The Labute approximate surface area is 168 Å². The molecule has 0 aliphatic carbocycles. The van der Waals surface area contributed by atoms with Gasteiger partial charge in [-0.3, -0.25) is 14.9 Å². The molecule has 0 radical (unpaired) electrons. The van der Waals surface area contributed by atoms with Crippen molar-refractivity contribution in [2.24, 2.45) is 0 Å². The molecule has 2 aromatic rings. The Morgan fingerprint density at radius 3 is 2.69 bits per heavy atom. The fourth-order valence-electron chi connectivity index (χ4n) is 3.58. The number of nitro groups is 1. The molecule has 8 heteroatoms. The molecule has 1 fully saturated rings. The van der Waals surface area contributed by atoms with Gasteiger partial charge in [-0.2, -0.15) is 0 Å². The van der Waals surface area contributed by atoms with E-state index < -0.39 is 17.5 Å². The second-order valence-corrected chi connectivity index (χ2v) is 7.29. The smallest absolute Gasteiger partial charge is 0.338 e. The van der Waals surface area contributed by atoms with Gasteiger partial charge in [0.25, 0.3) is 5.69 Å². The van der Waals surface area contributed by atoms with Crippen molar-refractivity contribution in [1.82, 2.24) is 4.57 Å². The third-order valence-corrected chi connectivity index (χ3v) is 5.26. The van der Waals surface area contributed by atoms with Gasteiger partial charge in [0, 0.05) is 41.7 Å². The van der Waals surface area contributed by atoms with Gasteiger partial charge in [0.2, 0.25) is 5.78 Å². The Kier molecular flexibility index (Phi) is 6.12. The summed E-state index contributed by atoms with van der Waals surface area (Å²) in [7, 11) is 0. The number of hydrogen-bond donors (Lipinski definition) is 0. The first-order valence-electron chi connectivity index (χ1n) is 9.51. The summed E-state index contributed by atoms with van der Waals surface area (Å²) in [5.41, 5.74) is 2.58. The van der Waals surface area contributed by atoms with Crippen LogP contribution in [0.15, 0.2) is 24.3 Å². The van der Waals surface area contributed by atoms with E-state index in [1.54, 1.807) is 13.0 Å². The van der Waals surface area contributed by atoms with Gasteiger partial charge in [-0.1, -0.05) is 6.07 Å². The van der Waals surface area contributed by atoms with Gasteiger partial charge in [0.1, 0.15) is 0 Å². The fraction of sp³-hybridized carbons (Fsp3) is 0.429. The lowest BCUT2D eigenvalue weighted by Gasteiger charge is -2.14. The van der Waals surface area contributed by atoms with Crippen LogP contribution < -0.4 is 0 Å². The Balaban J connectivity index is 1.67. The monoisotopic (exact) mass is 400 g/mol. The van der Waals surface area contributed by atoms with Crippen LogP contribution in [0.4, 0.5) is 5.69 Å². The predicted octanol–water partition coefficient (Wildman–Crippen LogP) is 3.54. The molecule has 1 aliphatic rings. The van der Waals surface area contributed by atoms with Gasteiger partial charge >= 0.3 is 5.97 Å². The summed E-state index contributed by atoms with van der Waals surface area (Å²) in [5, 5.41) is 11.0. The molecule has 8 nitrogen and oxygen atoms in total. The molecule has 1 saturated heterocycles. The highest BCUT2D eigenvalue weighted by Crippen LogP contribution is 2.22. The number of carbonyl (C=O) groups is 2. The summed E-state index contributed by atoms with van der Waals surface area (Å²) in [6.07, 6.45) is 2.20. The topological polar surface area (TPSA) is 101 Å². The number of rotatable bonds is 7. The number of carbonyl (C=O) groups excluding carboxylic acids is 2. The van der Waals surface area contributed by atoms with E-state index in [4.69, 9.17) is 9.47 Å². The first-order valence-corrected chi connectivity index (χ1v) is 9.51. The zero-order valence-electron chi connectivity index (χ0n) is 16.8. The van der Waals surface area contributed by atoms with Crippen molar-refractivity contribution < 1.29 is 24.0 Å². The van der Waals surface area contributed by atoms with Crippen LogP contribution in [-0.2, 0) is 16.0 Å². The normalized spacial score (nSPS) is 16.0. The zero-order chi connectivity index (χ0) is 21.1. The number of aromatic nitrogens is 1. The molecule has 1 unspecified atom stereocenters. The maximum absolute atomic E-state index is 12.6. The Morgan fingerprint density at radius 2 is 2.03 bits per heavy atom. The summed E-state index contributed by atoms with van der Waals surface area (Å²) in [6, 6.07) is 5.88. The van der Waals surface area contributed by atoms with Crippen molar-refractivity contribution in [2.75, 3.05) is 13.2 Å². The van der Waals surface area contributed by atoms with Gasteiger partial charge in [-0.05, 0) is 45.7 Å². The first-order chi connectivity index (χ1) is 13.8. The molecule has 1 aromatic heterocycles. The molecule has 0 bridgehead atoms. The van der Waals surface area contributed by atoms with E-state index in [0.717, 1.165) is 36.9 Å². The van der Waals surface area contributed by atoms with Gasteiger partial charge in [-0.25, -0.2) is 4.79 Å². The molecular formula is C21H24N2O6. The van der Waals surface area contributed by atoms with Crippen LogP contribution in [0.2, 0.25) is 0 Å². The van der Waals surface area contributed by atoms with Crippen LogP contribution in [0.3, 0.4) is 0 Å². The van der Waals surface area contributed by atoms with Crippen LogP contribution in [0.25, 0.3) is 0 Å². The second-order valence-electron chi connectivity index (χ2n) is 7.29. The lowest BCUT2D eigenvalue weighted by molar-refractivity contribution is -0.385. The largest absolute Gasteiger partial charge is 0.454 e. The number of hydrogen-bond acceptors (Lipinski definition) is 6. The van der Waals surface area contributed by atoms with Crippen molar-refractivity contribution in [1.29, 1.82) is 0 Å². The molecular weight excluding hydrogens is 376 g/mol. The maximum atomic E-state index is 12.6. The predicted molar refractivity (Wildman–Crippen MR) is 105 cm³/mol. The quantitative estimate of drug-likeness (QED) is 0.305. The fourth-order valence-corrected chi connectivity index (χ4v) is 3.58. The molecule has 1 aromatic carbocycles. The Morgan fingerprint density at radius 1 is 1.28 bits per heavy atom. The lowest BCUT2D eigenvalue weighted by atomic mass is 10.1. The van der Waals surface area contributed by atoms with Crippen LogP contribution in [0.1, 0.15) is 50.5 Å². The molecule has 1 aliphatic heterocycles. The van der Waals surface area contributed by atoms with Gasteiger partial charge < -0.3 is 14.0 Å². The Bertz CT molecular complexity index is 956. The van der Waals surface area contributed by atoms with Gasteiger partial charge in [0.15, 0.2) is 6.61 Å². The zero-order valence-corrected chi connectivity index (χ0v) is 16.8. The van der Waals surface area contributed by atoms with E-state index in [1.165, 1.54) is 12.1 Å². The van der Waals surface area contributed by atoms with Crippen LogP contribution in [0, 0.1) is 30.9 Å². The molecule has 29 heavy (non-hydrogen) atoms. The minimum atomic E-state index is -0.769. The average molecular weight is 400 g/mol. The number of esters is 1. The number of benzene rings is 1. The molecule has 0 spiro atoms. The summed E-state index contributed by atoms with van der Waals surface area (Å²) in [5.74, 6) is -1.08.